The van der Waals surface area contributed by atoms with Crippen molar-refractivity contribution < 1.29 is 8.42 Å². The molecule has 0 amide bonds. The minimum absolute atomic E-state index is 0.141. The highest BCUT2D eigenvalue weighted by Gasteiger charge is 2.16. The van der Waals surface area contributed by atoms with Crippen LogP contribution in [0.1, 0.15) is 16.8 Å². The molecule has 0 saturated heterocycles. The van der Waals surface area contributed by atoms with Crippen LogP contribution in [0.4, 0.5) is 0 Å². The first-order chi connectivity index (χ1) is 10.0. The van der Waals surface area contributed by atoms with E-state index in [-0.39, 0.29) is 11.4 Å². The first-order valence-electron chi connectivity index (χ1n) is 6.43. The first kappa shape index (κ1) is 15.2. The molecule has 1 aromatic heterocycles. The van der Waals surface area contributed by atoms with Gasteiger partial charge in [-0.3, -0.25) is 4.98 Å². The van der Waals surface area contributed by atoms with Gasteiger partial charge in [-0.15, -0.1) is 0 Å². The molecule has 0 fully saturated rings. The molecule has 1 aromatic carbocycles. The molecule has 0 aliphatic carbocycles. The Morgan fingerprint density at radius 1 is 1.29 bits per heavy atom. The fourth-order valence-electron chi connectivity index (χ4n) is 1.90. The highest BCUT2D eigenvalue weighted by molar-refractivity contribution is 7.89. The number of pyridine rings is 1. The molecule has 0 aliphatic rings. The third-order valence-corrected chi connectivity index (χ3v) is 4.61. The number of aryl methyl sites for hydroxylation is 1. The molecule has 6 heteroatoms. The van der Waals surface area contributed by atoms with Crippen molar-refractivity contribution in [1.29, 1.82) is 5.26 Å². The summed E-state index contributed by atoms with van der Waals surface area (Å²) in [5.41, 5.74) is 1.76. The Bertz CT molecular complexity index is 765. The molecule has 0 atom stereocenters. The lowest BCUT2D eigenvalue weighted by Crippen LogP contribution is -2.26. The van der Waals surface area contributed by atoms with Gasteiger partial charge in [-0.05, 0) is 36.8 Å². The molecule has 5 nitrogen and oxygen atoms in total. The summed E-state index contributed by atoms with van der Waals surface area (Å²) in [6.07, 6.45) is 2.18. The van der Waals surface area contributed by atoms with Crippen molar-refractivity contribution in [2.45, 2.75) is 18.2 Å². The molecule has 0 bridgehead atoms. The maximum atomic E-state index is 12.3. The van der Waals surface area contributed by atoms with E-state index >= 15 is 0 Å². The van der Waals surface area contributed by atoms with E-state index in [4.69, 9.17) is 5.26 Å². The molecule has 0 spiro atoms. The van der Waals surface area contributed by atoms with Crippen LogP contribution < -0.4 is 4.72 Å². The second-order valence-corrected chi connectivity index (χ2v) is 6.30. The fraction of sp³-hybridized carbons (Fsp3) is 0.200. The average Bonchev–Trinajstić information content (AvgIpc) is 2.48. The topological polar surface area (TPSA) is 82.8 Å². The van der Waals surface area contributed by atoms with Crippen LogP contribution in [0.3, 0.4) is 0 Å². The zero-order valence-corrected chi connectivity index (χ0v) is 12.4. The van der Waals surface area contributed by atoms with E-state index in [1.807, 2.05) is 24.3 Å². The maximum absolute atomic E-state index is 12.3. The van der Waals surface area contributed by atoms with Crippen molar-refractivity contribution in [1.82, 2.24) is 9.71 Å². The SMILES string of the molecule is Cc1ccc(C#N)cc1S(=O)(=O)NCCc1ccccn1. The van der Waals surface area contributed by atoms with Crippen molar-refractivity contribution in [2.75, 3.05) is 6.54 Å². The second kappa shape index (κ2) is 6.48. The van der Waals surface area contributed by atoms with Gasteiger partial charge in [-0.1, -0.05) is 12.1 Å². The Kier molecular flexibility index (Phi) is 4.68. The van der Waals surface area contributed by atoms with E-state index in [2.05, 4.69) is 9.71 Å². The number of aromatic nitrogens is 1. The molecule has 2 aromatic rings. The lowest BCUT2D eigenvalue weighted by molar-refractivity contribution is 0.580. The van der Waals surface area contributed by atoms with Gasteiger partial charge in [0.1, 0.15) is 0 Å². The number of hydrogen-bond donors (Lipinski definition) is 1. The van der Waals surface area contributed by atoms with Gasteiger partial charge in [-0.25, -0.2) is 13.1 Å². The predicted octanol–water partition coefficient (Wildman–Crippen LogP) is 1.78. The van der Waals surface area contributed by atoms with Crippen LogP contribution in [0.2, 0.25) is 0 Å². The van der Waals surface area contributed by atoms with E-state index in [1.165, 1.54) is 6.07 Å². The van der Waals surface area contributed by atoms with Crippen LogP contribution in [-0.4, -0.2) is 19.9 Å². The summed E-state index contributed by atoms with van der Waals surface area (Å²) in [6, 6.07) is 12.1. The minimum atomic E-state index is -3.62. The normalized spacial score (nSPS) is 11.0. The van der Waals surface area contributed by atoms with Crippen LogP contribution in [0, 0.1) is 18.3 Å². The smallest absolute Gasteiger partial charge is 0.240 e. The Hall–Kier alpha value is -2.23. The van der Waals surface area contributed by atoms with Gasteiger partial charge in [0.15, 0.2) is 0 Å². The number of nitrogens with one attached hydrogen (secondary N) is 1. The zero-order valence-electron chi connectivity index (χ0n) is 11.6. The third kappa shape index (κ3) is 3.88. The van der Waals surface area contributed by atoms with Gasteiger partial charge in [0.2, 0.25) is 10.0 Å². The van der Waals surface area contributed by atoms with E-state index in [9.17, 15) is 8.42 Å². The fourth-order valence-corrected chi connectivity index (χ4v) is 3.20. The Labute approximate surface area is 124 Å². The molecule has 1 heterocycles. The molecule has 0 aliphatic heterocycles. The molecule has 2 rings (SSSR count). The van der Waals surface area contributed by atoms with Gasteiger partial charge < -0.3 is 0 Å². The van der Waals surface area contributed by atoms with Crippen molar-refractivity contribution in [3.05, 3.63) is 59.4 Å². The van der Waals surface area contributed by atoms with E-state index < -0.39 is 10.0 Å². The highest BCUT2D eigenvalue weighted by Crippen LogP contribution is 2.16. The molecule has 108 valence electrons. The average molecular weight is 301 g/mol. The lowest BCUT2D eigenvalue weighted by Gasteiger charge is -2.09. The summed E-state index contributed by atoms with van der Waals surface area (Å²) in [4.78, 5) is 4.28. The number of rotatable bonds is 5. The lowest BCUT2D eigenvalue weighted by atomic mass is 10.2. The Morgan fingerprint density at radius 2 is 2.10 bits per heavy atom. The number of benzene rings is 1. The molecular formula is C15H15N3O2S. The van der Waals surface area contributed by atoms with Crippen molar-refractivity contribution >= 4 is 10.0 Å². The summed E-state index contributed by atoms with van der Waals surface area (Å²) in [5.74, 6) is 0. The third-order valence-electron chi connectivity index (χ3n) is 3.01. The van der Waals surface area contributed by atoms with Gasteiger partial charge in [-0.2, -0.15) is 5.26 Å². The second-order valence-electron chi connectivity index (χ2n) is 4.56. The first-order valence-corrected chi connectivity index (χ1v) is 7.91. The number of hydrogen-bond acceptors (Lipinski definition) is 4. The largest absolute Gasteiger partial charge is 0.261 e. The summed E-state index contributed by atoms with van der Waals surface area (Å²) >= 11 is 0. The molecule has 0 unspecified atom stereocenters. The van der Waals surface area contributed by atoms with Gasteiger partial charge >= 0.3 is 0 Å². The highest BCUT2D eigenvalue weighted by atomic mass is 32.2. The predicted molar refractivity (Wildman–Crippen MR) is 79.0 cm³/mol. The number of sulfonamides is 1. The molecule has 1 N–H and O–H groups in total. The molecule has 0 radical (unpaired) electrons. The Morgan fingerprint density at radius 3 is 2.76 bits per heavy atom. The van der Waals surface area contributed by atoms with Gasteiger partial charge in [0, 0.05) is 24.9 Å². The van der Waals surface area contributed by atoms with Crippen LogP contribution in [-0.2, 0) is 16.4 Å². The van der Waals surface area contributed by atoms with Crippen LogP contribution >= 0.6 is 0 Å². The summed E-state index contributed by atoms with van der Waals surface area (Å²) in [5, 5.41) is 8.87. The zero-order chi connectivity index (χ0) is 15.3. The van der Waals surface area contributed by atoms with E-state index in [0.717, 1.165) is 5.69 Å². The minimum Gasteiger partial charge on any atom is -0.261 e. The van der Waals surface area contributed by atoms with Crippen molar-refractivity contribution in [3.63, 3.8) is 0 Å². The van der Waals surface area contributed by atoms with E-state index in [1.54, 1.807) is 25.3 Å². The van der Waals surface area contributed by atoms with Crippen LogP contribution in [0.25, 0.3) is 0 Å². The van der Waals surface area contributed by atoms with Gasteiger partial charge in [0.25, 0.3) is 0 Å². The summed E-state index contributed by atoms with van der Waals surface area (Å²) < 4.78 is 27.1. The van der Waals surface area contributed by atoms with Crippen molar-refractivity contribution in [2.24, 2.45) is 0 Å². The van der Waals surface area contributed by atoms with Crippen LogP contribution in [0.15, 0.2) is 47.5 Å². The number of nitrogens with zero attached hydrogens (tertiary/aromatic N) is 2. The molecule has 21 heavy (non-hydrogen) atoms. The standard InChI is InChI=1S/C15H15N3O2S/c1-12-5-6-13(11-16)10-15(12)21(19,20)18-9-7-14-4-2-3-8-17-14/h2-6,8,10,18H,7,9H2,1H3. The summed E-state index contributed by atoms with van der Waals surface area (Å²) in [7, 11) is -3.62. The monoisotopic (exact) mass is 301 g/mol. The van der Waals surface area contributed by atoms with Crippen molar-refractivity contribution in [3.8, 4) is 6.07 Å². The summed E-state index contributed by atoms with van der Waals surface area (Å²) in [6.45, 7) is 1.96. The quantitative estimate of drug-likeness (QED) is 0.912. The van der Waals surface area contributed by atoms with E-state index in [0.29, 0.717) is 17.5 Å². The maximum Gasteiger partial charge on any atom is 0.240 e. The van der Waals surface area contributed by atoms with Crippen LogP contribution in [0.5, 0.6) is 0 Å². The number of nitriles is 1. The molecular weight excluding hydrogens is 286 g/mol. The Balaban J connectivity index is 2.10. The molecule has 0 saturated carbocycles. The van der Waals surface area contributed by atoms with Gasteiger partial charge in [0.05, 0.1) is 16.5 Å².